The van der Waals surface area contributed by atoms with Crippen LogP contribution in [0, 0.1) is 0 Å². The Morgan fingerprint density at radius 2 is 2.00 bits per heavy atom. The van der Waals surface area contributed by atoms with Crippen LogP contribution in [0.25, 0.3) is 0 Å². The fourth-order valence-electron chi connectivity index (χ4n) is 2.21. The maximum Gasteiger partial charge on any atom is 0.134 e. The molecule has 74 valence electrons. The van der Waals surface area contributed by atoms with Crippen LogP contribution in [0.1, 0.15) is 47.2 Å². The Kier molecular flexibility index (Phi) is 1.94. The van der Waals surface area contributed by atoms with Gasteiger partial charge in [-0.1, -0.05) is 0 Å². The van der Waals surface area contributed by atoms with Gasteiger partial charge in [0.05, 0.1) is 10.7 Å². The number of hydrogen-bond donors (Lipinski definition) is 0. The quantitative estimate of drug-likeness (QED) is 0.708. The SMILES string of the molecule is O=C1CC(c2nc3c(s2)CCCC3)C1. The van der Waals surface area contributed by atoms with Gasteiger partial charge in [0.2, 0.25) is 0 Å². The molecule has 1 saturated carbocycles. The molecule has 0 unspecified atom stereocenters. The number of aryl methyl sites for hydroxylation is 2. The van der Waals surface area contributed by atoms with E-state index in [0.29, 0.717) is 11.7 Å². The van der Waals surface area contributed by atoms with Crippen LogP contribution in [0.5, 0.6) is 0 Å². The van der Waals surface area contributed by atoms with Crippen LogP contribution in [-0.4, -0.2) is 10.8 Å². The lowest BCUT2D eigenvalue weighted by atomic mass is 9.84. The van der Waals surface area contributed by atoms with E-state index in [2.05, 4.69) is 4.98 Å². The molecule has 2 aliphatic carbocycles. The number of ketones is 1. The number of carbonyl (C=O) groups is 1. The molecular weight excluding hydrogens is 194 g/mol. The Bertz CT molecular complexity index is 351. The average molecular weight is 207 g/mol. The van der Waals surface area contributed by atoms with Crippen molar-refractivity contribution in [3.63, 3.8) is 0 Å². The monoisotopic (exact) mass is 207 g/mol. The van der Waals surface area contributed by atoms with Gasteiger partial charge >= 0.3 is 0 Å². The predicted molar refractivity (Wildman–Crippen MR) is 55.7 cm³/mol. The Hall–Kier alpha value is -0.700. The first-order chi connectivity index (χ1) is 6.83. The second-order valence-electron chi connectivity index (χ2n) is 4.27. The highest BCUT2D eigenvalue weighted by molar-refractivity contribution is 7.11. The summed E-state index contributed by atoms with van der Waals surface area (Å²) in [4.78, 5) is 17.1. The summed E-state index contributed by atoms with van der Waals surface area (Å²) in [6, 6.07) is 0. The van der Waals surface area contributed by atoms with Crippen molar-refractivity contribution in [3.8, 4) is 0 Å². The molecule has 3 heteroatoms. The van der Waals surface area contributed by atoms with E-state index in [4.69, 9.17) is 0 Å². The minimum Gasteiger partial charge on any atom is -0.300 e. The predicted octanol–water partition coefficient (Wildman–Crippen LogP) is 2.47. The second kappa shape index (κ2) is 3.16. The van der Waals surface area contributed by atoms with E-state index in [0.717, 1.165) is 19.3 Å². The van der Waals surface area contributed by atoms with Crippen molar-refractivity contribution in [2.75, 3.05) is 0 Å². The molecule has 1 aromatic heterocycles. The number of fused-ring (bicyclic) bond motifs is 1. The average Bonchev–Trinajstić information content (AvgIpc) is 2.55. The maximum absolute atomic E-state index is 10.9. The first kappa shape index (κ1) is 8.60. The molecule has 2 aliphatic rings. The molecule has 2 nitrogen and oxygen atoms in total. The van der Waals surface area contributed by atoms with E-state index in [-0.39, 0.29) is 0 Å². The summed E-state index contributed by atoms with van der Waals surface area (Å²) in [5.41, 5.74) is 1.33. The van der Waals surface area contributed by atoms with Crippen LogP contribution < -0.4 is 0 Å². The zero-order valence-electron chi connectivity index (χ0n) is 8.08. The topological polar surface area (TPSA) is 30.0 Å². The van der Waals surface area contributed by atoms with E-state index in [9.17, 15) is 4.79 Å². The number of Topliss-reactive ketones (excluding diaryl/α,β-unsaturated/α-hetero) is 1. The zero-order chi connectivity index (χ0) is 9.54. The molecule has 0 spiro atoms. The van der Waals surface area contributed by atoms with Gasteiger partial charge in [-0.3, -0.25) is 4.79 Å². The van der Waals surface area contributed by atoms with Crippen LogP contribution in [0.3, 0.4) is 0 Å². The fourth-order valence-corrected chi connectivity index (χ4v) is 3.46. The summed E-state index contributed by atoms with van der Waals surface area (Å²) in [5, 5.41) is 1.23. The van der Waals surface area contributed by atoms with Crippen LogP contribution in [0.2, 0.25) is 0 Å². The van der Waals surface area contributed by atoms with Crippen molar-refractivity contribution in [2.24, 2.45) is 0 Å². The number of carbonyl (C=O) groups excluding carboxylic acids is 1. The number of aromatic nitrogens is 1. The molecule has 0 aromatic carbocycles. The smallest absolute Gasteiger partial charge is 0.134 e. The lowest BCUT2D eigenvalue weighted by molar-refractivity contribution is -0.124. The van der Waals surface area contributed by atoms with E-state index >= 15 is 0 Å². The van der Waals surface area contributed by atoms with Crippen molar-refractivity contribution < 1.29 is 4.79 Å². The van der Waals surface area contributed by atoms with Crippen LogP contribution in [0.4, 0.5) is 0 Å². The Morgan fingerprint density at radius 3 is 2.71 bits per heavy atom. The third-order valence-electron chi connectivity index (χ3n) is 3.16. The Morgan fingerprint density at radius 1 is 1.21 bits per heavy atom. The van der Waals surface area contributed by atoms with E-state index in [1.807, 2.05) is 11.3 Å². The van der Waals surface area contributed by atoms with Gasteiger partial charge in [0.15, 0.2) is 0 Å². The van der Waals surface area contributed by atoms with Gasteiger partial charge < -0.3 is 0 Å². The highest BCUT2D eigenvalue weighted by Gasteiger charge is 2.31. The van der Waals surface area contributed by atoms with Crippen molar-refractivity contribution in [1.29, 1.82) is 0 Å². The Labute approximate surface area is 87.4 Å². The summed E-state index contributed by atoms with van der Waals surface area (Å²) >= 11 is 1.86. The number of nitrogens with zero attached hydrogens (tertiary/aromatic N) is 1. The molecule has 14 heavy (non-hydrogen) atoms. The molecular formula is C11H13NOS. The molecule has 0 N–H and O–H groups in total. The minimum atomic E-state index is 0.406. The summed E-state index contributed by atoms with van der Waals surface area (Å²) in [6.07, 6.45) is 6.47. The van der Waals surface area contributed by atoms with Gasteiger partial charge in [-0.15, -0.1) is 11.3 Å². The van der Waals surface area contributed by atoms with Crippen LogP contribution >= 0.6 is 11.3 Å². The lowest BCUT2D eigenvalue weighted by Crippen LogP contribution is -2.20. The van der Waals surface area contributed by atoms with Gasteiger partial charge in [-0.25, -0.2) is 4.98 Å². The molecule has 0 aliphatic heterocycles. The highest BCUT2D eigenvalue weighted by atomic mass is 32.1. The van der Waals surface area contributed by atoms with Crippen molar-refractivity contribution in [2.45, 2.75) is 44.4 Å². The van der Waals surface area contributed by atoms with E-state index in [1.165, 1.54) is 34.8 Å². The molecule has 0 radical (unpaired) electrons. The van der Waals surface area contributed by atoms with Gasteiger partial charge in [-0.05, 0) is 25.7 Å². The molecule has 0 bridgehead atoms. The zero-order valence-corrected chi connectivity index (χ0v) is 8.90. The standard InChI is InChI=1S/C11H13NOS/c13-8-5-7(6-8)11-12-9-3-1-2-4-10(9)14-11/h7H,1-6H2. The summed E-state index contributed by atoms with van der Waals surface area (Å²) in [6.45, 7) is 0. The van der Waals surface area contributed by atoms with E-state index in [1.54, 1.807) is 0 Å². The molecule has 1 aromatic rings. The molecule has 0 amide bonds. The van der Waals surface area contributed by atoms with Gasteiger partial charge in [0, 0.05) is 23.6 Å². The van der Waals surface area contributed by atoms with Crippen LogP contribution in [-0.2, 0) is 17.6 Å². The van der Waals surface area contributed by atoms with Gasteiger partial charge in [0.25, 0.3) is 0 Å². The van der Waals surface area contributed by atoms with Crippen molar-refractivity contribution >= 4 is 17.1 Å². The molecule has 0 saturated heterocycles. The number of rotatable bonds is 1. The second-order valence-corrected chi connectivity index (χ2v) is 5.39. The fraction of sp³-hybridized carbons (Fsp3) is 0.636. The molecule has 1 fully saturated rings. The summed E-state index contributed by atoms with van der Waals surface area (Å²) < 4.78 is 0. The first-order valence-corrected chi connectivity index (χ1v) is 6.15. The Balaban J connectivity index is 1.85. The normalized spacial score (nSPS) is 21.9. The van der Waals surface area contributed by atoms with E-state index < -0.39 is 0 Å². The third kappa shape index (κ3) is 1.31. The largest absolute Gasteiger partial charge is 0.300 e. The van der Waals surface area contributed by atoms with Crippen molar-refractivity contribution in [1.82, 2.24) is 4.98 Å². The number of hydrogen-bond acceptors (Lipinski definition) is 3. The number of thiazole rings is 1. The molecule has 1 heterocycles. The maximum atomic E-state index is 10.9. The minimum absolute atomic E-state index is 0.406. The van der Waals surface area contributed by atoms with Crippen molar-refractivity contribution in [3.05, 3.63) is 15.6 Å². The van der Waals surface area contributed by atoms with Crippen LogP contribution in [0.15, 0.2) is 0 Å². The van der Waals surface area contributed by atoms with Gasteiger partial charge in [-0.2, -0.15) is 0 Å². The highest BCUT2D eigenvalue weighted by Crippen LogP contribution is 2.38. The third-order valence-corrected chi connectivity index (χ3v) is 4.48. The molecule has 0 atom stereocenters. The van der Waals surface area contributed by atoms with Gasteiger partial charge in [0.1, 0.15) is 5.78 Å². The first-order valence-electron chi connectivity index (χ1n) is 5.33. The molecule has 3 rings (SSSR count). The summed E-state index contributed by atoms with van der Waals surface area (Å²) in [7, 11) is 0. The lowest BCUT2D eigenvalue weighted by Gasteiger charge is -2.21. The summed E-state index contributed by atoms with van der Waals surface area (Å²) in [5.74, 6) is 0.876.